The molecule has 0 spiro atoms. The van der Waals surface area contributed by atoms with Gasteiger partial charge < -0.3 is 14.8 Å². The lowest BCUT2D eigenvalue weighted by Gasteiger charge is -2.04. The van der Waals surface area contributed by atoms with Crippen molar-refractivity contribution in [3.05, 3.63) is 30.2 Å². The second-order valence-electron chi connectivity index (χ2n) is 4.12. The summed E-state index contributed by atoms with van der Waals surface area (Å²) in [5.41, 5.74) is 2.38. The highest BCUT2D eigenvalue weighted by molar-refractivity contribution is 5.83. The standard InChI is InChI=1S/C13H12N4O2/c1-7-15-10-6-11(18)8(5-12(10)19-7)9-3-4-13(14-2)17-16-9/h3-6,18H,1-2H3,(H,14,17). The first-order valence-electron chi connectivity index (χ1n) is 5.79. The molecule has 96 valence electrons. The number of oxazole rings is 1. The Hall–Kier alpha value is -2.63. The SMILES string of the molecule is CNc1ccc(-c2cc3oc(C)nc3cc2O)nn1. The van der Waals surface area contributed by atoms with Crippen LogP contribution in [0.4, 0.5) is 5.82 Å². The first-order chi connectivity index (χ1) is 9.17. The molecule has 6 heteroatoms. The molecule has 6 nitrogen and oxygen atoms in total. The predicted octanol–water partition coefficient (Wildman–Crippen LogP) is 2.34. The molecule has 0 aliphatic carbocycles. The third-order valence-electron chi connectivity index (χ3n) is 2.81. The summed E-state index contributed by atoms with van der Waals surface area (Å²) < 4.78 is 5.45. The van der Waals surface area contributed by atoms with Crippen LogP contribution in [0, 0.1) is 6.92 Å². The van der Waals surface area contributed by atoms with Gasteiger partial charge in [-0.3, -0.25) is 0 Å². The summed E-state index contributed by atoms with van der Waals surface area (Å²) in [5.74, 6) is 1.33. The minimum Gasteiger partial charge on any atom is -0.507 e. The summed E-state index contributed by atoms with van der Waals surface area (Å²) in [6, 6.07) is 6.85. The van der Waals surface area contributed by atoms with E-state index in [1.165, 1.54) is 0 Å². The maximum Gasteiger partial charge on any atom is 0.192 e. The normalized spacial score (nSPS) is 10.8. The number of nitrogens with one attached hydrogen (secondary N) is 1. The van der Waals surface area contributed by atoms with Gasteiger partial charge >= 0.3 is 0 Å². The number of hydrogen-bond donors (Lipinski definition) is 2. The van der Waals surface area contributed by atoms with Crippen LogP contribution in [-0.4, -0.2) is 27.3 Å². The maximum atomic E-state index is 10.0. The van der Waals surface area contributed by atoms with E-state index in [0.29, 0.717) is 34.1 Å². The van der Waals surface area contributed by atoms with E-state index in [1.54, 1.807) is 38.2 Å². The maximum absolute atomic E-state index is 10.0. The smallest absolute Gasteiger partial charge is 0.192 e. The molecule has 19 heavy (non-hydrogen) atoms. The third-order valence-corrected chi connectivity index (χ3v) is 2.81. The molecule has 0 saturated heterocycles. The summed E-state index contributed by atoms with van der Waals surface area (Å²) >= 11 is 0. The van der Waals surface area contributed by atoms with Crippen molar-refractivity contribution >= 4 is 16.9 Å². The van der Waals surface area contributed by atoms with Crippen LogP contribution in [0.3, 0.4) is 0 Å². The summed E-state index contributed by atoms with van der Waals surface area (Å²) in [4.78, 5) is 4.16. The van der Waals surface area contributed by atoms with Gasteiger partial charge in [0.1, 0.15) is 17.1 Å². The quantitative estimate of drug-likeness (QED) is 0.732. The topological polar surface area (TPSA) is 84.1 Å². The lowest BCUT2D eigenvalue weighted by Crippen LogP contribution is -1.95. The summed E-state index contributed by atoms with van der Waals surface area (Å²) in [5, 5.41) is 21.0. The molecule has 0 saturated carbocycles. The van der Waals surface area contributed by atoms with E-state index in [4.69, 9.17) is 4.42 Å². The van der Waals surface area contributed by atoms with Crippen molar-refractivity contribution in [2.75, 3.05) is 12.4 Å². The van der Waals surface area contributed by atoms with Crippen LogP contribution in [0.1, 0.15) is 5.89 Å². The molecule has 2 N–H and O–H groups in total. The summed E-state index contributed by atoms with van der Waals surface area (Å²) in [6.07, 6.45) is 0. The molecule has 0 bridgehead atoms. The number of benzene rings is 1. The number of aryl methyl sites for hydroxylation is 1. The van der Waals surface area contributed by atoms with Crippen LogP contribution < -0.4 is 5.32 Å². The van der Waals surface area contributed by atoms with E-state index in [2.05, 4.69) is 20.5 Å². The average molecular weight is 256 g/mol. The van der Waals surface area contributed by atoms with Crippen LogP contribution in [-0.2, 0) is 0 Å². The van der Waals surface area contributed by atoms with Crippen molar-refractivity contribution in [1.29, 1.82) is 0 Å². The fourth-order valence-electron chi connectivity index (χ4n) is 1.89. The zero-order valence-corrected chi connectivity index (χ0v) is 10.5. The molecule has 0 fully saturated rings. The van der Waals surface area contributed by atoms with Crippen molar-refractivity contribution in [2.24, 2.45) is 0 Å². The number of nitrogens with zero attached hydrogens (tertiary/aromatic N) is 3. The Morgan fingerprint density at radius 2 is 2.05 bits per heavy atom. The molecule has 2 heterocycles. The van der Waals surface area contributed by atoms with Gasteiger partial charge in [-0.1, -0.05) is 0 Å². The minimum absolute atomic E-state index is 0.104. The van der Waals surface area contributed by atoms with Crippen LogP contribution in [0.5, 0.6) is 5.75 Å². The van der Waals surface area contributed by atoms with E-state index in [1.807, 2.05) is 0 Å². The van der Waals surface area contributed by atoms with Crippen molar-refractivity contribution in [2.45, 2.75) is 6.92 Å². The Labute approximate surface area is 109 Å². The highest BCUT2D eigenvalue weighted by atomic mass is 16.3. The van der Waals surface area contributed by atoms with Gasteiger partial charge in [-0.2, -0.15) is 0 Å². The number of rotatable bonds is 2. The highest BCUT2D eigenvalue weighted by Gasteiger charge is 2.12. The molecule has 3 rings (SSSR count). The van der Waals surface area contributed by atoms with Gasteiger partial charge in [0.25, 0.3) is 0 Å². The zero-order valence-electron chi connectivity index (χ0n) is 10.5. The molecule has 0 aliphatic rings. The lowest BCUT2D eigenvalue weighted by atomic mass is 10.1. The Kier molecular flexibility index (Phi) is 2.56. The average Bonchev–Trinajstić information content (AvgIpc) is 2.77. The third kappa shape index (κ3) is 1.97. The Balaban J connectivity index is 2.14. The van der Waals surface area contributed by atoms with Gasteiger partial charge in [0.15, 0.2) is 11.5 Å². The molecular weight excluding hydrogens is 244 g/mol. The second-order valence-corrected chi connectivity index (χ2v) is 4.12. The number of anilines is 1. The summed E-state index contributed by atoms with van der Waals surface area (Å²) in [6.45, 7) is 1.76. The second kappa shape index (κ2) is 4.24. The Morgan fingerprint density at radius 3 is 2.74 bits per heavy atom. The van der Waals surface area contributed by atoms with Crippen molar-refractivity contribution < 1.29 is 9.52 Å². The molecule has 0 aliphatic heterocycles. The van der Waals surface area contributed by atoms with Gasteiger partial charge in [-0.15, -0.1) is 10.2 Å². The number of aromatic nitrogens is 3. The first-order valence-corrected chi connectivity index (χ1v) is 5.79. The Bertz CT molecular complexity index is 734. The number of phenols is 1. The van der Waals surface area contributed by atoms with Crippen molar-refractivity contribution in [1.82, 2.24) is 15.2 Å². The molecular formula is C13H12N4O2. The van der Waals surface area contributed by atoms with Crippen LogP contribution in [0.2, 0.25) is 0 Å². The molecule has 2 aromatic heterocycles. The molecule has 1 aromatic carbocycles. The van der Waals surface area contributed by atoms with Gasteiger partial charge in [0.05, 0.1) is 5.69 Å². The molecule has 3 aromatic rings. The number of aromatic hydroxyl groups is 1. The Morgan fingerprint density at radius 1 is 1.21 bits per heavy atom. The van der Waals surface area contributed by atoms with Crippen LogP contribution >= 0.6 is 0 Å². The van der Waals surface area contributed by atoms with E-state index >= 15 is 0 Å². The molecule has 0 atom stereocenters. The number of fused-ring (bicyclic) bond motifs is 1. The first kappa shape index (κ1) is 11.5. The molecule has 0 amide bonds. The molecule has 0 radical (unpaired) electrons. The minimum atomic E-state index is 0.104. The predicted molar refractivity (Wildman–Crippen MR) is 71.0 cm³/mol. The molecule has 0 unspecified atom stereocenters. The van der Waals surface area contributed by atoms with E-state index in [-0.39, 0.29) is 5.75 Å². The fraction of sp³-hybridized carbons (Fsp3) is 0.154. The van der Waals surface area contributed by atoms with Gasteiger partial charge in [-0.05, 0) is 18.2 Å². The zero-order chi connectivity index (χ0) is 13.4. The van der Waals surface area contributed by atoms with Crippen LogP contribution in [0.15, 0.2) is 28.7 Å². The van der Waals surface area contributed by atoms with Gasteiger partial charge in [0, 0.05) is 25.6 Å². The highest BCUT2D eigenvalue weighted by Crippen LogP contribution is 2.32. The summed E-state index contributed by atoms with van der Waals surface area (Å²) in [7, 11) is 1.77. The fourth-order valence-corrected chi connectivity index (χ4v) is 1.89. The van der Waals surface area contributed by atoms with Crippen molar-refractivity contribution in [3.8, 4) is 17.0 Å². The van der Waals surface area contributed by atoms with Crippen LogP contribution in [0.25, 0.3) is 22.4 Å². The largest absolute Gasteiger partial charge is 0.507 e. The number of phenolic OH excluding ortho intramolecular Hbond substituents is 1. The van der Waals surface area contributed by atoms with Gasteiger partial charge in [-0.25, -0.2) is 4.98 Å². The van der Waals surface area contributed by atoms with E-state index in [0.717, 1.165) is 0 Å². The van der Waals surface area contributed by atoms with Gasteiger partial charge in [0.2, 0.25) is 0 Å². The van der Waals surface area contributed by atoms with E-state index in [9.17, 15) is 5.11 Å². The van der Waals surface area contributed by atoms with Crippen molar-refractivity contribution in [3.63, 3.8) is 0 Å². The lowest BCUT2D eigenvalue weighted by molar-refractivity contribution is 0.477. The van der Waals surface area contributed by atoms with E-state index < -0.39 is 0 Å². The monoisotopic (exact) mass is 256 g/mol. The number of hydrogen-bond acceptors (Lipinski definition) is 6.